The number of hydrogen-bond donors (Lipinski definition) is 0. The molecule has 1 aromatic heterocycles. The predicted octanol–water partition coefficient (Wildman–Crippen LogP) is 6.37. The first-order chi connectivity index (χ1) is 12.5. The molecule has 3 rings (SSSR count). The molecular weight excluding hydrogens is 340 g/mol. The van der Waals surface area contributed by atoms with Gasteiger partial charge in [-0.25, -0.2) is 0 Å². The van der Waals surface area contributed by atoms with E-state index in [4.69, 9.17) is 11.6 Å². The van der Waals surface area contributed by atoms with E-state index >= 15 is 0 Å². The SMILES string of the molecule is CCc1ccc(-n2c(C)cc(C=C(C#N)c3ccccc3Cl)c2C)cc1. The van der Waals surface area contributed by atoms with Crippen LogP contribution in [0.1, 0.15) is 35.0 Å². The molecule has 0 aliphatic carbocycles. The highest BCUT2D eigenvalue weighted by Gasteiger charge is 2.12. The summed E-state index contributed by atoms with van der Waals surface area (Å²) in [6.45, 7) is 6.32. The molecular formula is C23H21ClN2. The zero-order valence-electron chi connectivity index (χ0n) is 15.3. The van der Waals surface area contributed by atoms with Crippen molar-refractivity contribution < 1.29 is 0 Å². The molecule has 0 bridgehead atoms. The number of aromatic nitrogens is 1. The van der Waals surface area contributed by atoms with Crippen molar-refractivity contribution in [3.8, 4) is 11.8 Å². The summed E-state index contributed by atoms with van der Waals surface area (Å²) in [5.74, 6) is 0. The summed E-state index contributed by atoms with van der Waals surface area (Å²) in [5.41, 5.74) is 7.04. The summed E-state index contributed by atoms with van der Waals surface area (Å²) in [6.07, 6.45) is 2.95. The summed E-state index contributed by atoms with van der Waals surface area (Å²) in [5, 5.41) is 10.2. The van der Waals surface area contributed by atoms with Crippen molar-refractivity contribution >= 4 is 23.3 Å². The third-order valence-electron chi connectivity index (χ3n) is 4.66. The molecule has 0 aliphatic heterocycles. The van der Waals surface area contributed by atoms with E-state index in [1.54, 1.807) is 6.07 Å². The van der Waals surface area contributed by atoms with Crippen LogP contribution < -0.4 is 0 Å². The fourth-order valence-electron chi connectivity index (χ4n) is 3.22. The maximum absolute atomic E-state index is 9.62. The zero-order chi connectivity index (χ0) is 18.7. The van der Waals surface area contributed by atoms with Crippen LogP contribution in [0, 0.1) is 25.2 Å². The van der Waals surface area contributed by atoms with Gasteiger partial charge in [-0.15, -0.1) is 0 Å². The molecule has 1 heterocycles. The summed E-state index contributed by atoms with van der Waals surface area (Å²) in [7, 11) is 0. The Bertz CT molecular complexity index is 1000. The second-order valence-electron chi connectivity index (χ2n) is 6.33. The Morgan fingerprint density at radius 1 is 1.12 bits per heavy atom. The molecule has 0 N–H and O–H groups in total. The Labute approximate surface area is 160 Å². The monoisotopic (exact) mass is 360 g/mol. The van der Waals surface area contributed by atoms with Crippen LogP contribution in [0.3, 0.4) is 0 Å². The van der Waals surface area contributed by atoms with Gasteiger partial charge >= 0.3 is 0 Å². The Morgan fingerprint density at radius 2 is 1.81 bits per heavy atom. The molecule has 0 fully saturated rings. The first kappa shape index (κ1) is 18.0. The summed E-state index contributed by atoms with van der Waals surface area (Å²) in [4.78, 5) is 0. The Morgan fingerprint density at radius 3 is 2.42 bits per heavy atom. The van der Waals surface area contributed by atoms with Crippen molar-refractivity contribution in [2.45, 2.75) is 27.2 Å². The molecule has 2 aromatic carbocycles. The van der Waals surface area contributed by atoms with Crippen molar-refractivity contribution in [2.24, 2.45) is 0 Å². The number of hydrogen-bond acceptors (Lipinski definition) is 1. The maximum atomic E-state index is 9.62. The highest BCUT2D eigenvalue weighted by molar-refractivity contribution is 6.32. The van der Waals surface area contributed by atoms with Crippen LogP contribution in [0.4, 0.5) is 0 Å². The topological polar surface area (TPSA) is 28.7 Å². The van der Waals surface area contributed by atoms with Crippen molar-refractivity contribution in [3.63, 3.8) is 0 Å². The molecule has 0 saturated heterocycles. The molecule has 0 amide bonds. The second-order valence-corrected chi connectivity index (χ2v) is 6.74. The van der Waals surface area contributed by atoms with Gasteiger partial charge in [-0.3, -0.25) is 0 Å². The number of aryl methyl sites for hydroxylation is 2. The lowest BCUT2D eigenvalue weighted by atomic mass is 10.0. The summed E-state index contributed by atoms with van der Waals surface area (Å²) in [6, 6.07) is 20.4. The molecule has 0 atom stereocenters. The van der Waals surface area contributed by atoms with Gasteiger partial charge in [0.05, 0.1) is 11.6 Å². The van der Waals surface area contributed by atoms with Gasteiger partial charge in [0.25, 0.3) is 0 Å². The summed E-state index contributed by atoms with van der Waals surface area (Å²) >= 11 is 6.27. The highest BCUT2D eigenvalue weighted by atomic mass is 35.5. The van der Waals surface area contributed by atoms with Gasteiger partial charge in [-0.2, -0.15) is 5.26 Å². The standard InChI is InChI=1S/C23H21ClN2/c1-4-18-9-11-21(12-10-18)26-16(2)13-19(17(26)3)14-20(15-25)22-7-5-6-8-23(22)24/h5-14H,4H2,1-3H3. The van der Waals surface area contributed by atoms with Crippen LogP contribution in [0.5, 0.6) is 0 Å². The van der Waals surface area contributed by atoms with Gasteiger partial charge in [-0.1, -0.05) is 48.9 Å². The highest BCUT2D eigenvalue weighted by Crippen LogP contribution is 2.28. The average Bonchev–Trinajstić information content (AvgIpc) is 2.94. The predicted molar refractivity (Wildman–Crippen MR) is 110 cm³/mol. The normalized spacial score (nSPS) is 11.4. The van der Waals surface area contributed by atoms with Gasteiger partial charge in [0, 0.05) is 27.7 Å². The Balaban J connectivity index is 2.07. The molecule has 0 spiro atoms. The van der Waals surface area contributed by atoms with E-state index in [1.165, 1.54) is 5.56 Å². The largest absolute Gasteiger partial charge is 0.318 e. The molecule has 0 unspecified atom stereocenters. The molecule has 0 aliphatic rings. The lowest BCUT2D eigenvalue weighted by Crippen LogP contribution is -1.99. The van der Waals surface area contributed by atoms with Gasteiger partial charge in [0.1, 0.15) is 0 Å². The fourth-order valence-corrected chi connectivity index (χ4v) is 3.45. The first-order valence-corrected chi connectivity index (χ1v) is 9.08. The van der Waals surface area contributed by atoms with Crippen LogP contribution in [-0.2, 0) is 6.42 Å². The minimum Gasteiger partial charge on any atom is -0.318 e. The van der Waals surface area contributed by atoms with Crippen LogP contribution in [0.2, 0.25) is 5.02 Å². The van der Waals surface area contributed by atoms with E-state index < -0.39 is 0 Å². The minimum atomic E-state index is 0.567. The number of halogens is 1. The molecule has 26 heavy (non-hydrogen) atoms. The van der Waals surface area contributed by atoms with Gasteiger partial charge in [-0.05, 0) is 61.7 Å². The van der Waals surface area contributed by atoms with E-state index in [0.29, 0.717) is 10.6 Å². The molecule has 130 valence electrons. The van der Waals surface area contributed by atoms with Crippen molar-refractivity contribution in [3.05, 3.63) is 87.7 Å². The van der Waals surface area contributed by atoms with E-state index in [0.717, 1.165) is 34.6 Å². The van der Waals surface area contributed by atoms with Crippen molar-refractivity contribution in [1.82, 2.24) is 4.57 Å². The van der Waals surface area contributed by atoms with Gasteiger partial charge in [0.15, 0.2) is 0 Å². The van der Waals surface area contributed by atoms with E-state index in [9.17, 15) is 5.26 Å². The molecule has 3 aromatic rings. The Hall–Kier alpha value is -2.76. The van der Waals surface area contributed by atoms with E-state index in [-0.39, 0.29) is 0 Å². The lowest BCUT2D eigenvalue weighted by Gasteiger charge is -2.10. The van der Waals surface area contributed by atoms with Crippen LogP contribution in [-0.4, -0.2) is 4.57 Å². The number of benzene rings is 2. The lowest BCUT2D eigenvalue weighted by molar-refractivity contribution is 0.961. The number of nitrogens with zero attached hydrogens (tertiary/aromatic N) is 2. The smallest absolute Gasteiger partial charge is 0.0998 e. The maximum Gasteiger partial charge on any atom is 0.0998 e. The fraction of sp³-hybridized carbons (Fsp3) is 0.174. The van der Waals surface area contributed by atoms with Crippen LogP contribution in [0.15, 0.2) is 54.6 Å². The van der Waals surface area contributed by atoms with E-state index in [1.807, 2.05) is 24.3 Å². The number of rotatable bonds is 4. The average molecular weight is 361 g/mol. The quantitative estimate of drug-likeness (QED) is 0.496. The second kappa shape index (κ2) is 7.64. The van der Waals surface area contributed by atoms with Crippen molar-refractivity contribution in [1.29, 1.82) is 5.26 Å². The third kappa shape index (κ3) is 3.45. The molecule has 0 radical (unpaired) electrons. The van der Waals surface area contributed by atoms with E-state index in [2.05, 4.69) is 61.7 Å². The zero-order valence-corrected chi connectivity index (χ0v) is 16.0. The molecule has 0 saturated carbocycles. The Kier molecular flexibility index (Phi) is 5.30. The van der Waals surface area contributed by atoms with Crippen LogP contribution in [0.25, 0.3) is 17.3 Å². The summed E-state index contributed by atoms with van der Waals surface area (Å²) < 4.78 is 2.22. The van der Waals surface area contributed by atoms with Gasteiger partial charge in [0.2, 0.25) is 0 Å². The third-order valence-corrected chi connectivity index (χ3v) is 4.99. The minimum absolute atomic E-state index is 0.567. The van der Waals surface area contributed by atoms with Gasteiger partial charge < -0.3 is 4.57 Å². The number of allylic oxidation sites excluding steroid dienone is 1. The molecule has 2 nitrogen and oxygen atoms in total. The number of nitriles is 1. The van der Waals surface area contributed by atoms with Crippen LogP contribution >= 0.6 is 11.6 Å². The van der Waals surface area contributed by atoms with Crippen molar-refractivity contribution in [2.75, 3.05) is 0 Å². The molecule has 3 heteroatoms. The first-order valence-electron chi connectivity index (χ1n) is 8.70.